The van der Waals surface area contributed by atoms with Crippen molar-refractivity contribution < 1.29 is 4.79 Å². The van der Waals surface area contributed by atoms with E-state index in [1.54, 1.807) is 6.07 Å². The SMILES string of the molecule is NCC#Cc1ccccc1NC(=O)c1cn[nH]c1. The largest absolute Gasteiger partial charge is 0.321 e. The molecule has 0 bridgehead atoms. The van der Waals surface area contributed by atoms with Gasteiger partial charge in [-0.25, -0.2) is 0 Å². The molecule has 0 saturated heterocycles. The van der Waals surface area contributed by atoms with Crippen molar-refractivity contribution in [2.75, 3.05) is 11.9 Å². The third kappa shape index (κ3) is 2.75. The number of carbonyl (C=O) groups is 1. The van der Waals surface area contributed by atoms with Gasteiger partial charge in [-0.3, -0.25) is 9.89 Å². The predicted molar refractivity (Wildman–Crippen MR) is 68.9 cm³/mol. The van der Waals surface area contributed by atoms with Crippen LogP contribution in [0.25, 0.3) is 0 Å². The smallest absolute Gasteiger partial charge is 0.258 e. The first-order chi connectivity index (χ1) is 8.81. The summed E-state index contributed by atoms with van der Waals surface area (Å²) in [4.78, 5) is 11.9. The molecular weight excluding hydrogens is 228 g/mol. The molecule has 0 radical (unpaired) electrons. The van der Waals surface area contributed by atoms with Crippen LogP contribution in [0.3, 0.4) is 0 Å². The fraction of sp³-hybridized carbons (Fsp3) is 0.0769. The number of nitrogens with one attached hydrogen (secondary N) is 2. The molecule has 0 aliphatic rings. The summed E-state index contributed by atoms with van der Waals surface area (Å²) in [6.07, 6.45) is 2.99. The molecule has 90 valence electrons. The van der Waals surface area contributed by atoms with Crippen molar-refractivity contribution in [3.05, 3.63) is 47.8 Å². The Balaban J connectivity index is 2.21. The summed E-state index contributed by atoms with van der Waals surface area (Å²) in [5.74, 6) is 5.44. The van der Waals surface area contributed by atoms with Crippen LogP contribution in [-0.4, -0.2) is 22.6 Å². The van der Waals surface area contributed by atoms with Gasteiger partial charge in [0, 0.05) is 11.8 Å². The van der Waals surface area contributed by atoms with Crippen LogP contribution in [-0.2, 0) is 0 Å². The van der Waals surface area contributed by atoms with Gasteiger partial charge in [0.15, 0.2) is 0 Å². The molecule has 0 unspecified atom stereocenters. The van der Waals surface area contributed by atoms with Gasteiger partial charge in [0.25, 0.3) is 5.91 Å². The number of anilines is 1. The Labute approximate surface area is 104 Å². The number of carbonyl (C=O) groups excluding carboxylic acids is 1. The van der Waals surface area contributed by atoms with Gasteiger partial charge >= 0.3 is 0 Å². The maximum Gasteiger partial charge on any atom is 0.258 e. The number of hydrogen-bond donors (Lipinski definition) is 3. The van der Waals surface area contributed by atoms with E-state index in [0.717, 1.165) is 5.56 Å². The average molecular weight is 240 g/mol. The van der Waals surface area contributed by atoms with Crippen LogP contribution in [0.5, 0.6) is 0 Å². The zero-order chi connectivity index (χ0) is 12.8. The van der Waals surface area contributed by atoms with Gasteiger partial charge in [0.2, 0.25) is 0 Å². The summed E-state index contributed by atoms with van der Waals surface area (Å²) >= 11 is 0. The molecule has 1 aromatic carbocycles. The number of nitrogens with two attached hydrogens (primary N) is 1. The number of para-hydroxylation sites is 1. The molecule has 5 nitrogen and oxygen atoms in total. The summed E-state index contributed by atoms with van der Waals surface area (Å²) in [6, 6.07) is 7.30. The fourth-order valence-corrected chi connectivity index (χ4v) is 1.42. The number of amides is 1. The van der Waals surface area contributed by atoms with Crippen LogP contribution in [0, 0.1) is 11.8 Å². The first kappa shape index (κ1) is 11.9. The number of hydrogen-bond acceptors (Lipinski definition) is 3. The standard InChI is InChI=1S/C13H12N4O/c14-7-3-5-10-4-1-2-6-12(10)17-13(18)11-8-15-16-9-11/h1-2,4,6,8-9H,7,14H2,(H,15,16)(H,17,18). The van der Waals surface area contributed by atoms with E-state index < -0.39 is 0 Å². The van der Waals surface area contributed by atoms with Crippen molar-refractivity contribution in [3.8, 4) is 11.8 Å². The van der Waals surface area contributed by atoms with Gasteiger partial charge in [-0.15, -0.1) is 0 Å². The molecule has 0 saturated carbocycles. The highest BCUT2D eigenvalue weighted by atomic mass is 16.1. The molecule has 1 heterocycles. The van der Waals surface area contributed by atoms with Crippen LogP contribution < -0.4 is 11.1 Å². The van der Waals surface area contributed by atoms with E-state index in [1.807, 2.05) is 18.2 Å². The number of benzene rings is 1. The van der Waals surface area contributed by atoms with Crippen molar-refractivity contribution in [2.45, 2.75) is 0 Å². The van der Waals surface area contributed by atoms with E-state index in [4.69, 9.17) is 5.73 Å². The van der Waals surface area contributed by atoms with Crippen molar-refractivity contribution in [2.24, 2.45) is 5.73 Å². The molecular formula is C13H12N4O. The van der Waals surface area contributed by atoms with Gasteiger partial charge in [-0.2, -0.15) is 5.10 Å². The molecule has 5 heteroatoms. The first-order valence-corrected chi connectivity index (χ1v) is 5.39. The molecule has 1 aromatic heterocycles. The highest BCUT2D eigenvalue weighted by Crippen LogP contribution is 2.14. The minimum atomic E-state index is -0.231. The monoisotopic (exact) mass is 240 g/mol. The number of nitrogens with zero attached hydrogens (tertiary/aromatic N) is 1. The van der Waals surface area contributed by atoms with E-state index in [0.29, 0.717) is 11.3 Å². The zero-order valence-corrected chi connectivity index (χ0v) is 9.60. The Hall–Kier alpha value is -2.58. The van der Waals surface area contributed by atoms with Gasteiger partial charge in [-0.1, -0.05) is 24.0 Å². The van der Waals surface area contributed by atoms with E-state index >= 15 is 0 Å². The normalized spacial score (nSPS) is 9.39. The molecule has 0 spiro atoms. The second-order valence-electron chi connectivity index (χ2n) is 3.49. The van der Waals surface area contributed by atoms with E-state index in [-0.39, 0.29) is 12.5 Å². The summed E-state index contributed by atoms with van der Waals surface area (Å²) in [5.41, 5.74) is 7.19. The maximum atomic E-state index is 11.9. The molecule has 0 fully saturated rings. The average Bonchev–Trinajstić information content (AvgIpc) is 2.91. The minimum Gasteiger partial charge on any atom is -0.321 e. The van der Waals surface area contributed by atoms with Crippen molar-refractivity contribution in [1.29, 1.82) is 0 Å². The Morgan fingerprint density at radius 2 is 2.28 bits per heavy atom. The second kappa shape index (κ2) is 5.66. The molecule has 0 atom stereocenters. The van der Waals surface area contributed by atoms with E-state index in [9.17, 15) is 4.79 Å². The van der Waals surface area contributed by atoms with Crippen molar-refractivity contribution in [3.63, 3.8) is 0 Å². The molecule has 0 aliphatic carbocycles. The third-order valence-corrected chi connectivity index (χ3v) is 2.26. The maximum absolute atomic E-state index is 11.9. The van der Waals surface area contributed by atoms with Crippen LogP contribution in [0.2, 0.25) is 0 Å². The predicted octanol–water partition coefficient (Wildman–Crippen LogP) is 0.972. The molecule has 2 aromatic rings. The molecule has 18 heavy (non-hydrogen) atoms. The third-order valence-electron chi connectivity index (χ3n) is 2.26. The summed E-state index contributed by atoms with van der Waals surface area (Å²) in [6.45, 7) is 0.282. The number of aromatic nitrogens is 2. The molecule has 2 rings (SSSR count). The van der Waals surface area contributed by atoms with Crippen LogP contribution >= 0.6 is 0 Å². The highest BCUT2D eigenvalue weighted by molar-refractivity contribution is 6.04. The van der Waals surface area contributed by atoms with Gasteiger partial charge < -0.3 is 11.1 Å². The lowest BCUT2D eigenvalue weighted by atomic mass is 10.1. The Bertz CT molecular complexity index is 593. The summed E-state index contributed by atoms with van der Waals surface area (Å²) in [7, 11) is 0. The Kier molecular flexibility index (Phi) is 3.74. The number of rotatable bonds is 2. The zero-order valence-electron chi connectivity index (χ0n) is 9.60. The van der Waals surface area contributed by atoms with E-state index in [1.165, 1.54) is 12.4 Å². The van der Waals surface area contributed by atoms with Crippen molar-refractivity contribution in [1.82, 2.24) is 10.2 Å². The lowest BCUT2D eigenvalue weighted by molar-refractivity contribution is 0.102. The summed E-state index contributed by atoms with van der Waals surface area (Å²) < 4.78 is 0. The fourth-order valence-electron chi connectivity index (χ4n) is 1.42. The molecule has 4 N–H and O–H groups in total. The Morgan fingerprint density at radius 3 is 3.00 bits per heavy atom. The van der Waals surface area contributed by atoms with Gasteiger partial charge in [0.05, 0.1) is 24.0 Å². The van der Waals surface area contributed by atoms with Crippen molar-refractivity contribution >= 4 is 11.6 Å². The lowest BCUT2D eigenvalue weighted by Crippen LogP contribution is -2.12. The van der Waals surface area contributed by atoms with Crippen LogP contribution in [0.4, 0.5) is 5.69 Å². The number of H-pyrrole nitrogens is 1. The Morgan fingerprint density at radius 1 is 1.44 bits per heavy atom. The second-order valence-corrected chi connectivity index (χ2v) is 3.49. The minimum absolute atomic E-state index is 0.231. The van der Waals surface area contributed by atoms with Crippen LogP contribution in [0.15, 0.2) is 36.7 Å². The van der Waals surface area contributed by atoms with E-state index in [2.05, 4.69) is 27.4 Å². The first-order valence-electron chi connectivity index (χ1n) is 5.39. The molecule has 1 amide bonds. The lowest BCUT2D eigenvalue weighted by Gasteiger charge is -2.05. The quantitative estimate of drug-likeness (QED) is 0.684. The number of aromatic amines is 1. The summed E-state index contributed by atoms with van der Waals surface area (Å²) in [5, 5.41) is 9.10. The van der Waals surface area contributed by atoms with Gasteiger partial charge in [0.1, 0.15) is 0 Å². The highest BCUT2D eigenvalue weighted by Gasteiger charge is 2.08. The van der Waals surface area contributed by atoms with Crippen LogP contribution in [0.1, 0.15) is 15.9 Å². The topological polar surface area (TPSA) is 83.8 Å². The molecule has 0 aliphatic heterocycles. The van der Waals surface area contributed by atoms with Gasteiger partial charge in [-0.05, 0) is 12.1 Å².